The third-order valence-corrected chi connectivity index (χ3v) is 6.21. The van der Waals surface area contributed by atoms with Crippen LogP contribution in [-0.2, 0) is 6.18 Å². The topological polar surface area (TPSA) is 79.7 Å². The van der Waals surface area contributed by atoms with Gasteiger partial charge >= 0.3 is 6.18 Å². The lowest BCUT2D eigenvalue weighted by molar-refractivity contribution is -0.138. The van der Waals surface area contributed by atoms with E-state index in [-0.39, 0.29) is 5.75 Å². The first-order valence-corrected chi connectivity index (χ1v) is 13.2. The minimum atomic E-state index is -4.44. The van der Waals surface area contributed by atoms with Crippen LogP contribution in [0.3, 0.4) is 0 Å². The fourth-order valence-electron chi connectivity index (χ4n) is 4.09. The van der Waals surface area contributed by atoms with Gasteiger partial charge in [-0.1, -0.05) is 54.6 Å². The van der Waals surface area contributed by atoms with Gasteiger partial charge in [0, 0.05) is 11.4 Å². The van der Waals surface area contributed by atoms with Crippen LogP contribution in [0.5, 0.6) is 34.5 Å². The van der Waals surface area contributed by atoms with Crippen LogP contribution in [0.2, 0.25) is 0 Å². The third-order valence-electron chi connectivity index (χ3n) is 6.21. The molecule has 43 heavy (non-hydrogen) atoms. The van der Waals surface area contributed by atoms with Crippen LogP contribution in [-0.4, -0.2) is 0 Å². The number of hydrogen-bond donors (Lipinski definition) is 2. The number of nitrogens with two attached hydrogens (primary N) is 2. The van der Waals surface area contributed by atoms with E-state index in [0.29, 0.717) is 34.4 Å². The lowest BCUT2D eigenvalue weighted by Crippen LogP contribution is -2.06. The molecular weight excluding hydrogens is 553 g/mol. The Bertz CT molecular complexity index is 1810. The molecular formula is C35H27F3N2O3. The van der Waals surface area contributed by atoms with Gasteiger partial charge < -0.3 is 25.7 Å². The molecule has 4 N–H and O–H groups in total. The number of benzene rings is 6. The number of para-hydroxylation sites is 3. The van der Waals surface area contributed by atoms with Gasteiger partial charge in [-0.05, 0) is 95.7 Å². The molecule has 0 aliphatic heterocycles. The Hall–Kier alpha value is -5.63. The summed E-state index contributed by atoms with van der Waals surface area (Å²) in [6.07, 6.45) is -4.44. The zero-order chi connectivity index (χ0) is 30.2. The van der Waals surface area contributed by atoms with Gasteiger partial charge in [-0.15, -0.1) is 0 Å². The fraction of sp³-hybridized carbons (Fsp3) is 0.0286. The molecule has 0 fully saturated rings. The van der Waals surface area contributed by atoms with E-state index in [1.54, 1.807) is 12.1 Å². The van der Waals surface area contributed by atoms with Crippen LogP contribution in [0.25, 0.3) is 10.8 Å². The first kappa shape index (κ1) is 28.9. The van der Waals surface area contributed by atoms with Gasteiger partial charge in [0.25, 0.3) is 0 Å². The summed E-state index contributed by atoms with van der Waals surface area (Å²) in [5, 5.41) is 2.32. The standard InChI is InChI=1S/C22H17NO2.C13H10F3NO/c23-18-10-13-19(14-11-18)24-21-7-3-4-8-22(21)25-20-12-9-16-5-1-2-6-17(16)15-20;14-13(15,16)11-3-1-2-4-12(11)18-10-7-5-9(17)6-8-10/h1-15H,23H2;1-8H,17H2. The number of alkyl halides is 3. The van der Waals surface area contributed by atoms with Crippen molar-refractivity contribution in [1.29, 1.82) is 0 Å². The van der Waals surface area contributed by atoms with Crippen molar-refractivity contribution in [2.24, 2.45) is 0 Å². The van der Waals surface area contributed by atoms with Crippen molar-refractivity contribution < 1.29 is 27.4 Å². The maximum absolute atomic E-state index is 12.7. The highest BCUT2D eigenvalue weighted by Crippen LogP contribution is 2.38. The molecule has 6 aromatic carbocycles. The third kappa shape index (κ3) is 7.77. The van der Waals surface area contributed by atoms with E-state index in [2.05, 4.69) is 12.1 Å². The molecule has 0 heterocycles. The van der Waals surface area contributed by atoms with Crippen LogP contribution in [0.4, 0.5) is 24.5 Å². The Morgan fingerprint density at radius 3 is 1.40 bits per heavy atom. The molecule has 6 rings (SSSR count). The number of ether oxygens (including phenoxy) is 3. The summed E-state index contributed by atoms with van der Waals surface area (Å²) < 4.78 is 55.4. The molecule has 0 aromatic heterocycles. The lowest BCUT2D eigenvalue weighted by Gasteiger charge is -2.13. The summed E-state index contributed by atoms with van der Waals surface area (Å²) in [4.78, 5) is 0. The maximum atomic E-state index is 12.7. The second-order valence-corrected chi connectivity index (χ2v) is 9.39. The molecule has 0 atom stereocenters. The van der Waals surface area contributed by atoms with Crippen molar-refractivity contribution in [2.45, 2.75) is 6.18 Å². The second kappa shape index (κ2) is 12.9. The van der Waals surface area contributed by atoms with Gasteiger partial charge in [-0.2, -0.15) is 13.2 Å². The van der Waals surface area contributed by atoms with Crippen molar-refractivity contribution >= 4 is 22.1 Å². The van der Waals surface area contributed by atoms with E-state index in [1.165, 1.54) is 35.7 Å². The van der Waals surface area contributed by atoms with Gasteiger partial charge in [0.2, 0.25) is 0 Å². The van der Waals surface area contributed by atoms with Crippen LogP contribution < -0.4 is 25.7 Å². The summed E-state index contributed by atoms with van der Waals surface area (Å²) >= 11 is 0. The molecule has 0 aliphatic rings. The van der Waals surface area contributed by atoms with Gasteiger partial charge in [-0.3, -0.25) is 0 Å². The number of nitrogen functional groups attached to an aromatic ring is 2. The van der Waals surface area contributed by atoms with Crippen LogP contribution in [0.15, 0.2) is 140 Å². The van der Waals surface area contributed by atoms with E-state index in [0.717, 1.165) is 17.2 Å². The Morgan fingerprint density at radius 1 is 0.419 bits per heavy atom. The summed E-state index contributed by atoms with van der Waals surface area (Å²) in [6.45, 7) is 0. The molecule has 0 unspecified atom stereocenters. The molecule has 0 bridgehead atoms. The molecule has 0 amide bonds. The number of hydrogen-bond acceptors (Lipinski definition) is 5. The molecule has 0 aliphatic carbocycles. The second-order valence-electron chi connectivity index (χ2n) is 9.39. The maximum Gasteiger partial charge on any atom is 0.419 e. The molecule has 8 heteroatoms. The number of fused-ring (bicyclic) bond motifs is 1. The Labute approximate surface area is 246 Å². The minimum absolute atomic E-state index is 0.227. The highest BCUT2D eigenvalue weighted by Gasteiger charge is 2.34. The molecule has 216 valence electrons. The number of halogens is 3. The van der Waals surface area contributed by atoms with Crippen molar-refractivity contribution in [1.82, 2.24) is 0 Å². The number of anilines is 2. The van der Waals surface area contributed by atoms with Crippen molar-refractivity contribution in [3.05, 3.63) is 145 Å². The van der Waals surface area contributed by atoms with Crippen molar-refractivity contribution in [3.8, 4) is 34.5 Å². The van der Waals surface area contributed by atoms with E-state index in [4.69, 9.17) is 25.7 Å². The largest absolute Gasteiger partial charge is 0.457 e. The Kier molecular flexibility index (Phi) is 8.67. The Balaban J connectivity index is 0.000000181. The minimum Gasteiger partial charge on any atom is -0.457 e. The lowest BCUT2D eigenvalue weighted by atomic mass is 10.1. The van der Waals surface area contributed by atoms with Crippen molar-refractivity contribution in [3.63, 3.8) is 0 Å². The average Bonchev–Trinajstić information content (AvgIpc) is 3.00. The summed E-state index contributed by atoms with van der Waals surface area (Å²) in [5.74, 6) is 2.88. The van der Waals surface area contributed by atoms with Crippen LogP contribution >= 0.6 is 0 Å². The van der Waals surface area contributed by atoms with Gasteiger partial charge in [0.1, 0.15) is 23.0 Å². The Morgan fingerprint density at radius 2 is 0.837 bits per heavy atom. The summed E-state index contributed by atoms with van der Waals surface area (Å²) in [7, 11) is 0. The molecule has 0 spiro atoms. The SMILES string of the molecule is Nc1ccc(Oc2ccccc2C(F)(F)F)cc1.Nc1ccc(Oc2ccccc2Oc2ccc3ccccc3c2)cc1. The van der Waals surface area contributed by atoms with Crippen LogP contribution in [0, 0.1) is 0 Å². The van der Waals surface area contributed by atoms with Crippen molar-refractivity contribution in [2.75, 3.05) is 11.5 Å². The smallest absolute Gasteiger partial charge is 0.419 e. The first-order valence-electron chi connectivity index (χ1n) is 13.2. The predicted molar refractivity (Wildman–Crippen MR) is 164 cm³/mol. The van der Waals surface area contributed by atoms with Crippen LogP contribution in [0.1, 0.15) is 5.56 Å². The zero-order valence-corrected chi connectivity index (χ0v) is 22.8. The summed E-state index contributed by atoms with van der Waals surface area (Å²) in [6, 6.07) is 40.3. The van der Waals surface area contributed by atoms with Gasteiger partial charge in [0.05, 0.1) is 5.56 Å². The van der Waals surface area contributed by atoms with E-state index >= 15 is 0 Å². The number of rotatable bonds is 6. The molecule has 5 nitrogen and oxygen atoms in total. The van der Waals surface area contributed by atoms with Gasteiger partial charge in [-0.25, -0.2) is 0 Å². The zero-order valence-electron chi connectivity index (χ0n) is 22.8. The highest BCUT2D eigenvalue weighted by molar-refractivity contribution is 5.83. The predicted octanol–water partition coefficient (Wildman–Crippen LogP) is 10.1. The highest BCUT2D eigenvalue weighted by atomic mass is 19.4. The van der Waals surface area contributed by atoms with E-state index < -0.39 is 11.7 Å². The first-order chi connectivity index (χ1) is 20.7. The van der Waals surface area contributed by atoms with E-state index in [1.807, 2.05) is 78.9 Å². The molecule has 0 saturated carbocycles. The van der Waals surface area contributed by atoms with E-state index in [9.17, 15) is 13.2 Å². The normalized spacial score (nSPS) is 10.9. The monoisotopic (exact) mass is 580 g/mol. The quantitative estimate of drug-likeness (QED) is 0.192. The molecule has 6 aromatic rings. The fourth-order valence-corrected chi connectivity index (χ4v) is 4.09. The summed E-state index contributed by atoms with van der Waals surface area (Å²) in [5.41, 5.74) is 11.6. The average molecular weight is 581 g/mol. The van der Waals surface area contributed by atoms with Gasteiger partial charge in [0.15, 0.2) is 11.5 Å². The molecule has 0 saturated heterocycles. The molecule has 0 radical (unpaired) electrons.